The molecular weight excluding hydrogens is 424 g/mol. The number of allylic oxidation sites excluding steroid dienone is 1. The van der Waals surface area contributed by atoms with Gasteiger partial charge in [-0.3, -0.25) is 9.59 Å². The number of rotatable bonds is 1. The van der Waals surface area contributed by atoms with Crippen molar-refractivity contribution in [2.24, 2.45) is 38.9 Å². The summed E-state index contributed by atoms with van der Waals surface area (Å²) < 4.78 is 5.77. The third-order valence-electron chi connectivity index (χ3n) is 12.5. The Morgan fingerprint density at radius 2 is 1.62 bits per heavy atom. The Morgan fingerprint density at radius 1 is 0.912 bits per heavy atom. The first kappa shape index (κ1) is 24.5. The van der Waals surface area contributed by atoms with Crippen LogP contribution < -0.4 is 0 Å². The minimum absolute atomic E-state index is 0.0573. The highest BCUT2D eigenvalue weighted by molar-refractivity contribution is 6.02. The molecule has 1 heterocycles. The summed E-state index contributed by atoms with van der Waals surface area (Å²) in [6.45, 7) is 15.7. The monoisotopic (exact) mass is 470 g/mol. The molecule has 2 unspecified atom stereocenters. The number of esters is 1. The number of aliphatic hydroxyl groups is 1. The molecule has 5 rings (SSSR count). The maximum absolute atomic E-state index is 13.3. The molecule has 4 heteroatoms. The van der Waals surface area contributed by atoms with Crippen LogP contribution in [0.4, 0.5) is 0 Å². The molecule has 4 nitrogen and oxygen atoms in total. The van der Waals surface area contributed by atoms with Gasteiger partial charge in [0.15, 0.2) is 5.78 Å². The molecule has 0 bridgehead atoms. The Bertz CT molecular complexity index is 947. The van der Waals surface area contributed by atoms with Crippen LogP contribution >= 0.6 is 0 Å². The SMILES string of the molecule is CC(=O)C1=C2CCC3[C@@]4(C)CC[C@H](O)C(C)(C)C4CC[C@@]3(C)[C@]2(C)CC[C@@]12CC[C@@H](C)OC2=O. The fourth-order valence-corrected chi connectivity index (χ4v) is 10.4. The van der Waals surface area contributed by atoms with Crippen LogP contribution in [0.2, 0.25) is 0 Å². The van der Waals surface area contributed by atoms with E-state index in [2.05, 4.69) is 34.6 Å². The lowest BCUT2D eigenvalue weighted by molar-refractivity contribution is -0.205. The lowest BCUT2D eigenvalue weighted by atomic mass is 9.34. The van der Waals surface area contributed by atoms with E-state index >= 15 is 0 Å². The molecule has 0 aromatic carbocycles. The number of carbonyl (C=O) groups is 2. The van der Waals surface area contributed by atoms with Gasteiger partial charge in [0.05, 0.1) is 17.6 Å². The Hall–Kier alpha value is -1.16. The lowest BCUT2D eigenvalue weighted by Gasteiger charge is -2.70. The molecule has 0 amide bonds. The molecule has 0 radical (unpaired) electrons. The maximum atomic E-state index is 13.3. The Kier molecular flexibility index (Phi) is 5.36. The van der Waals surface area contributed by atoms with Crippen LogP contribution in [0.5, 0.6) is 0 Å². The summed E-state index contributed by atoms with van der Waals surface area (Å²) >= 11 is 0. The van der Waals surface area contributed by atoms with Gasteiger partial charge in [-0.2, -0.15) is 0 Å². The van der Waals surface area contributed by atoms with Gasteiger partial charge in [0.1, 0.15) is 0 Å². The fourth-order valence-electron chi connectivity index (χ4n) is 10.4. The molecule has 8 atom stereocenters. The quantitative estimate of drug-likeness (QED) is 0.451. The van der Waals surface area contributed by atoms with Crippen molar-refractivity contribution < 1.29 is 19.4 Å². The fraction of sp³-hybridized carbons (Fsp3) is 0.867. The average molecular weight is 471 g/mol. The Morgan fingerprint density at radius 3 is 2.26 bits per heavy atom. The van der Waals surface area contributed by atoms with Crippen molar-refractivity contribution in [3.8, 4) is 0 Å². The number of Topliss-reactive ketones (excluding diaryl/α,β-unsaturated/α-hetero) is 1. The number of ether oxygens (including phenoxy) is 1. The van der Waals surface area contributed by atoms with Crippen molar-refractivity contribution in [2.45, 2.75) is 125 Å². The lowest BCUT2D eigenvalue weighted by Crippen LogP contribution is -2.64. The molecule has 4 fully saturated rings. The first-order chi connectivity index (χ1) is 15.7. The Balaban J connectivity index is 1.61. The zero-order valence-corrected chi connectivity index (χ0v) is 22.6. The van der Waals surface area contributed by atoms with Crippen LogP contribution in [0, 0.1) is 38.9 Å². The predicted molar refractivity (Wildman–Crippen MR) is 133 cm³/mol. The van der Waals surface area contributed by atoms with Crippen LogP contribution in [0.1, 0.15) is 113 Å². The van der Waals surface area contributed by atoms with Crippen molar-refractivity contribution in [1.82, 2.24) is 0 Å². The van der Waals surface area contributed by atoms with E-state index in [0.717, 1.165) is 69.8 Å². The number of aliphatic hydroxyl groups excluding tert-OH is 1. The van der Waals surface area contributed by atoms with Gasteiger partial charge in [0.2, 0.25) is 0 Å². The van der Waals surface area contributed by atoms with Crippen molar-refractivity contribution in [3.63, 3.8) is 0 Å². The smallest absolute Gasteiger partial charge is 0.316 e. The normalized spacial score (nSPS) is 50.2. The van der Waals surface area contributed by atoms with E-state index in [0.29, 0.717) is 11.8 Å². The summed E-state index contributed by atoms with van der Waals surface area (Å²) in [4.78, 5) is 26.6. The highest BCUT2D eigenvalue weighted by atomic mass is 16.5. The van der Waals surface area contributed by atoms with Gasteiger partial charge in [-0.1, -0.05) is 40.2 Å². The largest absolute Gasteiger partial charge is 0.462 e. The van der Waals surface area contributed by atoms with Gasteiger partial charge in [-0.05, 0) is 112 Å². The second-order valence-corrected chi connectivity index (χ2v) is 14.1. The molecule has 1 spiro atoms. The minimum atomic E-state index is -0.728. The van der Waals surface area contributed by atoms with Crippen LogP contribution in [0.25, 0.3) is 0 Å². The molecule has 1 saturated heterocycles. The molecule has 0 aromatic rings. The minimum Gasteiger partial charge on any atom is -0.462 e. The molecule has 3 saturated carbocycles. The summed E-state index contributed by atoms with van der Waals surface area (Å²) in [7, 11) is 0. The van der Waals surface area contributed by atoms with Gasteiger partial charge >= 0.3 is 5.97 Å². The first-order valence-electron chi connectivity index (χ1n) is 13.9. The number of fused-ring (bicyclic) bond motifs is 5. The molecule has 1 aliphatic heterocycles. The van der Waals surface area contributed by atoms with E-state index in [9.17, 15) is 14.7 Å². The molecule has 4 aliphatic carbocycles. The molecular formula is C30H46O4. The molecule has 1 N–H and O–H groups in total. The second kappa shape index (κ2) is 7.43. The van der Waals surface area contributed by atoms with E-state index in [1.807, 2.05) is 6.92 Å². The maximum Gasteiger partial charge on any atom is 0.316 e. The first-order valence-corrected chi connectivity index (χ1v) is 13.9. The highest BCUT2D eigenvalue weighted by Gasteiger charge is 2.68. The number of cyclic esters (lactones) is 1. The number of hydrogen-bond acceptors (Lipinski definition) is 4. The molecule has 190 valence electrons. The molecule has 34 heavy (non-hydrogen) atoms. The summed E-state index contributed by atoms with van der Waals surface area (Å²) in [6, 6.07) is 0. The summed E-state index contributed by atoms with van der Waals surface area (Å²) in [5.41, 5.74) is 1.55. The van der Waals surface area contributed by atoms with Crippen molar-refractivity contribution in [2.75, 3.05) is 0 Å². The van der Waals surface area contributed by atoms with Crippen LogP contribution in [0.3, 0.4) is 0 Å². The topological polar surface area (TPSA) is 63.6 Å². The van der Waals surface area contributed by atoms with Gasteiger partial charge in [-0.15, -0.1) is 0 Å². The third kappa shape index (κ3) is 2.87. The van der Waals surface area contributed by atoms with E-state index in [1.165, 1.54) is 5.57 Å². The molecule has 0 aromatic heterocycles. The van der Waals surface area contributed by atoms with Gasteiger partial charge in [0.25, 0.3) is 0 Å². The van der Waals surface area contributed by atoms with Crippen molar-refractivity contribution >= 4 is 11.8 Å². The third-order valence-corrected chi connectivity index (χ3v) is 12.5. The predicted octanol–water partition coefficient (Wildman–Crippen LogP) is 6.40. The highest BCUT2D eigenvalue weighted by Crippen LogP contribution is 2.75. The van der Waals surface area contributed by atoms with E-state index in [1.54, 1.807) is 6.92 Å². The van der Waals surface area contributed by atoms with Crippen molar-refractivity contribution in [3.05, 3.63) is 11.1 Å². The van der Waals surface area contributed by atoms with Crippen LogP contribution in [-0.2, 0) is 14.3 Å². The standard InChI is InChI=1S/C30H46O4/c1-18-10-15-30(25(33)34-18)17-16-28(6)20(24(30)19(2)31)8-9-22-27(5)13-12-23(32)26(3,4)21(27)11-14-29(22,28)7/h18,21-23,32H,8-17H2,1-7H3/t18-,21?,22?,23+,27+,28-,29-,30+/m1/s1. The van der Waals surface area contributed by atoms with E-state index in [-0.39, 0.29) is 45.6 Å². The number of hydrogen-bond donors (Lipinski definition) is 1. The second-order valence-electron chi connectivity index (χ2n) is 14.1. The Labute approximate surface area is 206 Å². The van der Waals surface area contributed by atoms with Gasteiger partial charge in [-0.25, -0.2) is 0 Å². The van der Waals surface area contributed by atoms with Gasteiger partial charge < -0.3 is 9.84 Å². The molecule has 5 aliphatic rings. The van der Waals surface area contributed by atoms with E-state index in [4.69, 9.17) is 4.74 Å². The van der Waals surface area contributed by atoms with Crippen molar-refractivity contribution in [1.29, 1.82) is 0 Å². The summed E-state index contributed by atoms with van der Waals surface area (Å²) in [5, 5.41) is 10.9. The van der Waals surface area contributed by atoms with Gasteiger partial charge in [0, 0.05) is 5.57 Å². The summed E-state index contributed by atoms with van der Waals surface area (Å²) in [6.07, 6.45) is 9.24. The number of ketones is 1. The van der Waals surface area contributed by atoms with E-state index < -0.39 is 5.41 Å². The number of carbonyl (C=O) groups excluding carboxylic acids is 2. The zero-order valence-electron chi connectivity index (χ0n) is 22.6. The average Bonchev–Trinajstić information content (AvgIpc) is 2.74. The van der Waals surface area contributed by atoms with Crippen LogP contribution in [0.15, 0.2) is 11.1 Å². The van der Waals surface area contributed by atoms with Crippen LogP contribution in [-0.4, -0.2) is 29.1 Å². The summed E-state index contributed by atoms with van der Waals surface area (Å²) in [5.74, 6) is 1.01. The zero-order chi connectivity index (χ0) is 24.9.